The molecule has 1 aliphatic rings. The lowest BCUT2D eigenvalue weighted by Gasteiger charge is -2.37. The largest absolute Gasteiger partial charge is 0.491 e. The third-order valence-electron chi connectivity index (χ3n) is 5.74. The van der Waals surface area contributed by atoms with Crippen LogP contribution in [0.25, 0.3) is 0 Å². The summed E-state index contributed by atoms with van der Waals surface area (Å²) in [5, 5.41) is 23.0. The maximum absolute atomic E-state index is 10.6. The summed E-state index contributed by atoms with van der Waals surface area (Å²) in [6, 6.07) is 17.3. The van der Waals surface area contributed by atoms with E-state index in [9.17, 15) is 10.4 Å². The summed E-state index contributed by atoms with van der Waals surface area (Å²) in [6.45, 7) is 3.98. The van der Waals surface area contributed by atoms with Gasteiger partial charge in [-0.25, -0.2) is 4.98 Å². The van der Waals surface area contributed by atoms with Gasteiger partial charge in [0.05, 0.1) is 21.9 Å². The van der Waals surface area contributed by atoms with Crippen LogP contribution in [0.1, 0.15) is 5.56 Å². The van der Waals surface area contributed by atoms with Crippen LogP contribution in [0, 0.1) is 23.7 Å². The van der Waals surface area contributed by atoms with Gasteiger partial charge in [0.25, 0.3) is 0 Å². The molecule has 0 spiro atoms. The molecule has 4 rings (SSSR count). The van der Waals surface area contributed by atoms with Crippen LogP contribution in [-0.4, -0.2) is 72.0 Å². The first kappa shape index (κ1) is 26.2. The molecule has 1 fully saturated rings. The van der Waals surface area contributed by atoms with Crippen LogP contribution in [0.4, 0.5) is 17.3 Å². The van der Waals surface area contributed by atoms with Gasteiger partial charge in [0.15, 0.2) is 6.61 Å². The topological polar surface area (TPSA) is 107 Å². The van der Waals surface area contributed by atoms with Gasteiger partial charge in [-0.3, -0.25) is 4.90 Å². The lowest BCUT2D eigenvalue weighted by atomic mass is 10.1. The van der Waals surface area contributed by atoms with Gasteiger partial charge in [-0.15, -0.1) is 6.42 Å². The van der Waals surface area contributed by atoms with E-state index >= 15 is 0 Å². The number of hydrogen-bond donors (Lipinski definition) is 2. The fraction of sp³-hybridized carbons (Fsp3) is 0.296. The molecular formula is C27H27BrN6O3. The molecule has 1 aliphatic heterocycles. The smallest absolute Gasteiger partial charge is 0.233 e. The SMILES string of the molecule is C#CCOc1nc(Nc2cccc(OCC(O)CN3CCN(c4ccccc4C#N)CC3)c2)ncc1Br. The molecule has 37 heavy (non-hydrogen) atoms. The van der Waals surface area contributed by atoms with Crippen molar-refractivity contribution in [1.82, 2.24) is 14.9 Å². The number of nitriles is 1. The summed E-state index contributed by atoms with van der Waals surface area (Å²) >= 11 is 3.34. The van der Waals surface area contributed by atoms with Crippen LogP contribution in [-0.2, 0) is 0 Å². The maximum atomic E-state index is 10.6. The highest BCUT2D eigenvalue weighted by molar-refractivity contribution is 9.10. The number of aliphatic hydroxyl groups excluding tert-OH is 1. The van der Waals surface area contributed by atoms with E-state index in [-0.39, 0.29) is 13.2 Å². The van der Waals surface area contributed by atoms with Crippen molar-refractivity contribution in [3.8, 4) is 30.0 Å². The number of halogens is 1. The summed E-state index contributed by atoms with van der Waals surface area (Å²) in [5.41, 5.74) is 2.38. The third kappa shape index (κ3) is 7.34. The van der Waals surface area contributed by atoms with Gasteiger partial charge >= 0.3 is 0 Å². The standard InChI is InChI=1S/C27H27BrN6O3/c1-2-14-36-26-24(28)17-30-27(32-26)31-21-7-5-8-23(15-21)37-19-22(35)18-33-10-12-34(13-11-33)25-9-4-3-6-20(25)16-29/h1,3-9,15,17,22,35H,10-14,18-19H2,(H,30,31,32). The Kier molecular flexibility index (Phi) is 9.17. The Morgan fingerprint density at radius 1 is 1.14 bits per heavy atom. The number of piperazine rings is 1. The predicted molar refractivity (Wildman–Crippen MR) is 145 cm³/mol. The summed E-state index contributed by atoms with van der Waals surface area (Å²) < 4.78 is 11.9. The van der Waals surface area contributed by atoms with Crippen LogP contribution in [0.2, 0.25) is 0 Å². The molecule has 2 heterocycles. The Balaban J connectivity index is 1.25. The van der Waals surface area contributed by atoms with Crippen molar-refractivity contribution in [3.63, 3.8) is 0 Å². The van der Waals surface area contributed by atoms with E-state index in [4.69, 9.17) is 15.9 Å². The van der Waals surface area contributed by atoms with Crippen molar-refractivity contribution in [1.29, 1.82) is 5.26 Å². The zero-order valence-corrected chi connectivity index (χ0v) is 21.8. The Labute approximate surface area is 224 Å². The van der Waals surface area contributed by atoms with Gasteiger partial charge < -0.3 is 24.8 Å². The van der Waals surface area contributed by atoms with Crippen LogP contribution in [0.15, 0.2) is 59.2 Å². The van der Waals surface area contributed by atoms with Crippen molar-refractivity contribution in [2.24, 2.45) is 0 Å². The predicted octanol–water partition coefficient (Wildman–Crippen LogP) is 3.43. The molecule has 9 nitrogen and oxygen atoms in total. The van der Waals surface area contributed by atoms with Crippen molar-refractivity contribution < 1.29 is 14.6 Å². The molecule has 0 saturated carbocycles. The summed E-state index contributed by atoms with van der Waals surface area (Å²) in [5.74, 6) is 3.72. The van der Waals surface area contributed by atoms with Gasteiger partial charge in [0, 0.05) is 44.5 Å². The van der Waals surface area contributed by atoms with Crippen LogP contribution in [0.5, 0.6) is 11.6 Å². The van der Waals surface area contributed by atoms with E-state index in [0.717, 1.165) is 37.6 Å². The number of ether oxygens (including phenoxy) is 2. The van der Waals surface area contributed by atoms with Gasteiger partial charge in [-0.2, -0.15) is 10.2 Å². The number of nitrogens with zero attached hydrogens (tertiary/aromatic N) is 5. The summed E-state index contributed by atoms with van der Waals surface area (Å²) in [7, 11) is 0. The van der Waals surface area contributed by atoms with E-state index in [0.29, 0.717) is 34.2 Å². The second-order valence-electron chi connectivity index (χ2n) is 8.37. The monoisotopic (exact) mass is 562 g/mol. The van der Waals surface area contributed by atoms with Crippen LogP contribution >= 0.6 is 15.9 Å². The number of β-amino-alcohol motifs (C(OH)–C–C–N with tert-alkyl or cyclic N) is 1. The van der Waals surface area contributed by atoms with Crippen molar-refractivity contribution >= 4 is 33.3 Å². The third-order valence-corrected chi connectivity index (χ3v) is 6.29. The fourth-order valence-corrected chi connectivity index (χ4v) is 4.28. The number of hydrogen-bond acceptors (Lipinski definition) is 9. The zero-order chi connectivity index (χ0) is 26.0. The normalized spacial score (nSPS) is 14.3. The Hall–Kier alpha value is -3.83. The number of benzene rings is 2. The first-order valence-corrected chi connectivity index (χ1v) is 12.6. The maximum Gasteiger partial charge on any atom is 0.233 e. The van der Waals surface area contributed by atoms with E-state index in [1.54, 1.807) is 6.20 Å². The van der Waals surface area contributed by atoms with Gasteiger partial charge in [0.2, 0.25) is 11.8 Å². The first-order valence-electron chi connectivity index (χ1n) is 11.8. The Bertz CT molecular complexity index is 1280. The number of para-hydroxylation sites is 1. The molecule has 2 aromatic carbocycles. The molecule has 190 valence electrons. The minimum Gasteiger partial charge on any atom is -0.491 e. The number of aliphatic hydroxyl groups is 1. The van der Waals surface area contributed by atoms with Crippen molar-refractivity contribution in [3.05, 3.63) is 64.8 Å². The number of rotatable bonds is 10. The summed E-state index contributed by atoms with van der Waals surface area (Å²) in [4.78, 5) is 13.0. The molecule has 10 heteroatoms. The number of terminal acetylenes is 1. The lowest BCUT2D eigenvalue weighted by molar-refractivity contribution is 0.0663. The quantitative estimate of drug-likeness (QED) is 0.359. The number of aromatic nitrogens is 2. The van der Waals surface area contributed by atoms with E-state index in [1.807, 2.05) is 48.5 Å². The highest BCUT2D eigenvalue weighted by Gasteiger charge is 2.21. The highest BCUT2D eigenvalue weighted by Crippen LogP contribution is 2.25. The molecular weight excluding hydrogens is 536 g/mol. The lowest BCUT2D eigenvalue weighted by Crippen LogP contribution is -2.49. The van der Waals surface area contributed by atoms with Gasteiger partial charge in [-0.1, -0.05) is 24.1 Å². The molecule has 0 bridgehead atoms. The molecule has 2 N–H and O–H groups in total. The summed E-state index contributed by atoms with van der Waals surface area (Å²) in [6.07, 6.45) is 6.19. The van der Waals surface area contributed by atoms with E-state index in [1.165, 1.54) is 0 Å². The van der Waals surface area contributed by atoms with Crippen LogP contribution < -0.4 is 19.7 Å². The minimum absolute atomic E-state index is 0.103. The molecule has 0 radical (unpaired) electrons. The average Bonchev–Trinajstić information content (AvgIpc) is 2.93. The van der Waals surface area contributed by atoms with E-state index < -0.39 is 6.10 Å². The molecule has 3 aromatic rings. The van der Waals surface area contributed by atoms with Crippen molar-refractivity contribution in [2.45, 2.75) is 6.10 Å². The molecule has 1 saturated heterocycles. The molecule has 0 amide bonds. The van der Waals surface area contributed by atoms with Crippen molar-refractivity contribution in [2.75, 3.05) is 56.2 Å². The molecule has 1 atom stereocenters. The van der Waals surface area contributed by atoms with Crippen LogP contribution in [0.3, 0.4) is 0 Å². The second kappa shape index (κ2) is 12.9. The fourth-order valence-electron chi connectivity index (χ4n) is 3.97. The van der Waals surface area contributed by atoms with E-state index in [2.05, 4.69) is 53.0 Å². The highest BCUT2D eigenvalue weighted by atomic mass is 79.9. The first-order chi connectivity index (χ1) is 18.1. The Morgan fingerprint density at radius 3 is 2.73 bits per heavy atom. The van der Waals surface area contributed by atoms with Gasteiger partial charge in [-0.05, 0) is 40.2 Å². The molecule has 1 aromatic heterocycles. The average molecular weight is 563 g/mol. The molecule has 0 aliphatic carbocycles. The zero-order valence-electron chi connectivity index (χ0n) is 20.2. The number of nitrogens with one attached hydrogen (secondary N) is 1. The second-order valence-corrected chi connectivity index (χ2v) is 9.23. The van der Waals surface area contributed by atoms with Gasteiger partial charge in [0.1, 0.15) is 24.5 Å². The number of anilines is 3. The Morgan fingerprint density at radius 2 is 1.95 bits per heavy atom. The molecule has 1 unspecified atom stereocenters. The minimum atomic E-state index is -0.639.